The van der Waals surface area contributed by atoms with E-state index < -0.39 is 0 Å². The Labute approximate surface area is 163 Å². The van der Waals surface area contributed by atoms with Crippen molar-refractivity contribution >= 4 is 36.4 Å². The number of nitrogens with one attached hydrogen (secondary N) is 1. The Morgan fingerprint density at radius 1 is 1.17 bits per heavy atom. The summed E-state index contributed by atoms with van der Waals surface area (Å²) in [5, 5.41) is 4.09. The third-order valence-electron chi connectivity index (χ3n) is 4.56. The summed E-state index contributed by atoms with van der Waals surface area (Å²) in [5.74, 6) is 1.83. The number of ether oxygens (including phenoxy) is 2. The lowest BCUT2D eigenvalue weighted by Crippen LogP contribution is -2.46. The second kappa shape index (κ2) is 11.3. The van der Waals surface area contributed by atoms with Gasteiger partial charge >= 0.3 is 0 Å². The Bertz CT molecular complexity index is 497. The first-order chi connectivity index (χ1) is 10.6. The van der Waals surface area contributed by atoms with Crippen molar-refractivity contribution in [3.05, 3.63) is 22.7 Å². The van der Waals surface area contributed by atoms with Crippen LogP contribution < -0.4 is 14.8 Å². The predicted molar refractivity (Wildman–Crippen MR) is 106 cm³/mol. The molecule has 2 atom stereocenters. The van der Waals surface area contributed by atoms with Crippen LogP contribution in [-0.4, -0.2) is 45.3 Å². The van der Waals surface area contributed by atoms with E-state index in [0.717, 1.165) is 38.2 Å². The van der Waals surface area contributed by atoms with Crippen LogP contribution in [0.1, 0.15) is 31.9 Å². The lowest BCUT2D eigenvalue weighted by atomic mass is 9.90. The largest absolute Gasteiger partial charge is 0.493 e. The van der Waals surface area contributed by atoms with Gasteiger partial charge in [-0.1, -0.05) is 37.9 Å². The lowest BCUT2D eigenvalue weighted by molar-refractivity contribution is 0.128. The Morgan fingerprint density at radius 2 is 1.79 bits per heavy atom. The molecule has 2 rings (SSSR count). The maximum Gasteiger partial charge on any atom is 0.179 e. The van der Waals surface area contributed by atoms with Crippen molar-refractivity contribution in [1.29, 1.82) is 0 Å². The fourth-order valence-corrected chi connectivity index (χ4v) is 3.52. The molecule has 0 aromatic heterocycles. The van der Waals surface area contributed by atoms with Gasteiger partial charge in [-0.2, -0.15) is 0 Å². The highest BCUT2D eigenvalue weighted by Crippen LogP contribution is 2.43. The van der Waals surface area contributed by atoms with Crippen molar-refractivity contribution in [2.45, 2.75) is 26.3 Å². The molecule has 1 heterocycles. The van der Waals surface area contributed by atoms with Crippen LogP contribution >= 0.6 is 36.4 Å². The highest BCUT2D eigenvalue weighted by Gasteiger charge is 2.29. The number of nitrogens with zero attached hydrogens (tertiary/aromatic N) is 1. The molecule has 1 fully saturated rings. The fraction of sp³-hybridized carbons (Fsp3) is 0.647. The monoisotopic (exact) mass is 398 g/mol. The van der Waals surface area contributed by atoms with E-state index in [0.29, 0.717) is 28.5 Å². The summed E-state index contributed by atoms with van der Waals surface area (Å²) >= 11 is 6.66. The summed E-state index contributed by atoms with van der Waals surface area (Å²) in [7, 11) is 3.27. The van der Waals surface area contributed by atoms with Crippen molar-refractivity contribution in [2.24, 2.45) is 5.92 Å². The molecule has 1 aliphatic rings. The van der Waals surface area contributed by atoms with E-state index in [1.165, 1.54) is 0 Å². The van der Waals surface area contributed by atoms with Gasteiger partial charge in [-0.25, -0.2) is 0 Å². The quantitative estimate of drug-likeness (QED) is 0.777. The van der Waals surface area contributed by atoms with Crippen LogP contribution in [0.2, 0.25) is 5.02 Å². The molecule has 0 amide bonds. The Kier molecular flexibility index (Phi) is 11.1. The summed E-state index contributed by atoms with van der Waals surface area (Å²) in [6.45, 7) is 8.66. The summed E-state index contributed by atoms with van der Waals surface area (Å²) in [6.07, 6.45) is 1.11. The van der Waals surface area contributed by atoms with Crippen molar-refractivity contribution in [2.75, 3.05) is 40.4 Å². The van der Waals surface area contributed by atoms with Crippen LogP contribution in [0.3, 0.4) is 0 Å². The van der Waals surface area contributed by atoms with Crippen molar-refractivity contribution in [1.82, 2.24) is 10.2 Å². The average molecular weight is 400 g/mol. The molecular formula is C17H29Cl3N2O2. The van der Waals surface area contributed by atoms with Crippen LogP contribution in [0.25, 0.3) is 0 Å². The second-order valence-corrected chi connectivity index (χ2v) is 6.20. The summed E-state index contributed by atoms with van der Waals surface area (Å²) in [6, 6.07) is 4.35. The minimum Gasteiger partial charge on any atom is -0.493 e. The van der Waals surface area contributed by atoms with Crippen LogP contribution in [0.5, 0.6) is 11.5 Å². The number of methoxy groups -OCH3 is 2. The third-order valence-corrected chi connectivity index (χ3v) is 4.95. The third kappa shape index (κ3) is 5.06. The SMILES string of the molecule is CCC(C)[C@H](c1ccc(OC)c(OC)c1Cl)N1CCNCC1.Cl.Cl. The van der Waals surface area contributed by atoms with Crippen LogP contribution in [0.4, 0.5) is 0 Å². The first-order valence-electron chi connectivity index (χ1n) is 7.99. The number of rotatable bonds is 6. The van der Waals surface area contributed by atoms with Gasteiger partial charge in [0.05, 0.1) is 19.2 Å². The number of benzene rings is 1. The summed E-state index contributed by atoms with van der Waals surface area (Å²) < 4.78 is 10.8. The molecule has 140 valence electrons. The van der Waals surface area contributed by atoms with Gasteiger partial charge in [0.15, 0.2) is 11.5 Å². The van der Waals surface area contributed by atoms with Crippen LogP contribution in [-0.2, 0) is 0 Å². The van der Waals surface area contributed by atoms with Gasteiger partial charge in [-0.15, -0.1) is 24.8 Å². The first kappa shape index (κ1) is 23.6. The van der Waals surface area contributed by atoms with E-state index in [2.05, 4.69) is 30.1 Å². The van der Waals surface area contributed by atoms with Gasteiger partial charge in [0.1, 0.15) is 0 Å². The number of hydrogen-bond acceptors (Lipinski definition) is 4. The smallest absolute Gasteiger partial charge is 0.179 e. The van der Waals surface area contributed by atoms with Gasteiger partial charge in [0, 0.05) is 32.2 Å². The molecule has 1 aliphatic heterocycles. The zero-order valence-corrected chi connectivity index (χ0v) is 17.2. The molecule has 0 bridgehead atoms. The zero-order valence-electron chi connectivity index (χ0n) is 14.8. The Hall–Kier alpha value is -0.390. The number of hydrogen-bond donors (Lipinski definition) is 1. The normalized spacial score (nSPS) is 17.2. The van der Waals surface area contributed by atoms with Gasteiger partial charge in [0.25, 0.3) is 0 Å². The molecule has 24 heavy (non-hydrogen) atoms. The van der Waals surface area contributed by atoms with Gasteiger partial charge in [0.2, 0.25) is 0 Å². The topological polar surface area (TPSA) is 33.7 Å². The molecule has 0 aliphatic carbocycles. The molecule has 4 nitrogen and oxygen atoms in total. The molecule has 1 aromatic carbocycles. The Balaban J connectivity index is 0.00000264. The van der Waals surface area contributed by atoms with Gasteiger partial charge in [-0.05, 0) is 17.5 Å². The van der Waals surface area contributed by atoms with E-state index >= 15 is 0 Å². The maximum atomic E-state index is 6.66. The Morgan fingerprint density at radius 3 is 2.29 bits per heavy atom. The fourth-order valence-electron chi connectivity index (χ4n) is 3.18. The molecule has 1 aromatic rings. The van der Waals surface area contributed by atoms with Crippen molar-refractivity contribution in [3.63, 3.8) is 0 Å². The standard InChI is InChI=1S/C17H27ClN2O2.2ClH/c1-5-12(2)16(20-10-8-19-9-11-20)13-6-7-14(21-3)17(22-4)15(13)18;;/h6-7,12,16,19H,5,8-11H2,1-4H3;2*1H/t12?,16-;;/m1../s1. The first-order valence-corrected chi connectivity index (χ1v) is 8.36. The highest BCUT2D eigenvalue weighted by molar-refractivity contribution is 6.33. The van der Waals surface area contributed by atoms with E-state index in [-0.39, 0.29) is 24.8 Å². The molecule has 7 heteroatoms. The average Bonchev–Trinajstić information content (AvgIpc) is 2.57. The molecule has 0 saturated carbocycles. The zero-order chi connectivity index (χ0) is 16.1. The summed E-state index contributed by atoms with van der Waals surface area (Å²) in [5.41, 5.74) is 1.13. The molecule has 1 saturated heterocycles. The van der Waals surface area contributed by atoms with Crippen LogP contribution in [0, 0.1) is 5.92 Å². The van der Waals surface area contributed by atoms with E-state index in [1.807, 2.05) is 6.07 Å². The second-order valence-electron chi connectivity index (χ2n) is 5.82. The minimum atomic E-state index is 0. The molecular weight excluding hydrogens is 371 g/mol. The van der Waals surface area contributed by atoms with Gasteiger partial charge < -0.3 is 14.8 Å². The minimum absolute atomic E-state index is 0. The van der Waals surface area contributed by atoms with Crippen molar-refractivity contribution in [3.8, 4) is 11.5 Å². The van der Waals surface area contributed by atoms with Crippen LogP contribution in [0.15, 0.2) is 12.1 Å². The summed E-state index contributed by atoms with van der Waals surface area (Å²) in [4.78, 5) is 2.53. The molecule has 0 radical (unpaired) electrons. The predicted octanol–water partition coefficient (Wildman–Crippen LogP) is 4.19. The van der Waals surface area contributed by atoms with Crippen molar-refractivity contribution < 1.29 is 9.47 Å². The highest BCUT2D eigenvalue weighted by atomic mass is 35.5. The van der Waals surface area contributed by atoms with E-state index in [9.17, 15) is 0 Å². The molecule has 1 N–H and O–H groups in total. The number of piperazine rings is 1. The van der Waals surface area contributed by atoms with E-state index in [4.69, 9.17) is 21.1 Å². The number of halogens is 3. The molecule has 0 spiro atoms. The molecule has 1 unspecified atom stereocenters. The lowest BCUT2D eigenvalue weighted by Gasteiger charge is -2.39. The maximum absolute atomic E-state index is 6.66. The van der Waals surface area contributed by atoms with E-state index in [1.54, 1.807) is 14.2 Å². The van der Waals surface area contributed by atoms with Gasteiger partial charge in [-0.3, -0.25) is 4.90 Å².